The lowest BCUT2D eigenvalue weighted by Gasteiger charge is -2.06. The molecule has 8 heteroatoms. The Morgan fingerprint density at radius 1 is 1.50 bits per heavy atom. The first-order valence-corrected chi connectivity index (χ1v) is 6.00. The fourth-order valence-electron chi connectivity index (χ4n) is 1.69. The molecule has 0 aliphatic carbocycles. The maximum absolute atomic E-state index is 12.1. The number of carbonyl (C=O) groups excluding carboxylic acids is 1. The molecule has 0 spiro atoms. The SMILES string of the molecule is Cc1cc(NC(=O)c2cc([N+](=O)[O-])cn2C)cnc1Cl. The van der Waals surface area contributed by atoms with Crippen molar-refractivity contribution >= 4 is 28.9 Å². The van der Waals surface area contributed by atoms with Crippen LogP contribution in [-0.2, 0) is 7.05 Å². The summed E-state index contributed by atoms with van der Waals surface area (Å²) in [5.74, 6) is -0.455. The van der Waals surface area contributed by atoms with Crippen LogP contribution in [0.2, 0.25) is 5.15 Å². The third-order valence-corrected chi connectivity index (χ3v) is 3.10. The number of aromatic nitrogens is 2. The molecule has 104 valence electrons. The molecule has 0 saturated carbocycles. The molecule has 0 saturated heterocycles. The van der Waals surface area contributed by atoms with Gasteiger partial charge < -0.3 is 9.88 Å². The van der Waals surface area contributed by atoms with Crippen molar-refractivity contribution in [2.45, 2.75) is 6.92 Å². The molecule has 0 unspecified atom stereocenters. The van der Waals surface area contributed by atoms with Crippen molar-refractivity contribution in [2.24, 2.45) is 7.05 Å². The molecule has 20 heavy (non-hydrogen) atoms. The summed E-state index contributed by atoms with van der Waals surface area (Å²) < 4.78 is 1.39. The molecule has 2 aromatic heterocycles. The van der Waals surface area contributed by atoms with Crippen LogP contribution in [0.15, 0.2) is 24.5 Å². The van der Waals surface area contributed by atoms with Crippen molar-refractivity contribution in [1.29, 1.82) is 0 Å². The summed E-state index contributed by atoms with van der Waals surface area (Å²) in [6.07, 6.45) is 2.70. The Bertz CT molecular complexity index is 696. The maximum Gasteiger partial charge on any atom is 0.287 e. The van der Waals surface area contributed by atoms with Crippen LogP contribution >= 0.6 is 11.6 Å². The van der Waals surface area contributed by atoms with Gasteiger partial charge in [0.2, 0.25) is 0 Å². The minimum absolute atomic E-state index is 0.136. The van der Waals surface area contributed by atoms with E-state index in [2.05, 4.69) is 10.3 Å². The number of nitrogens with zero attached hydrogens (tertiary/aromatic N) is 3. The van der Waals surface area contributed by atoms with Crippen LogP contribution in [0.4, 0.5) is 11.4 Å². The van der Waals surface area contributed by atoms with E-state index in [4.69, 9.17) is 11.6 Å². The number of hydrogen-bond donors (Lipinski definition) is 1. The van der Waals surface area contributed by atoms with E-state index < -0.39 is 10.8 Å². The molecule has 0 aliphatic rings. The molecule has 0 aliphatic heterocycles. The highest BCUT2D eigenvalue weighted by molar-refractivity contribution is 6.30. The van der Waals surface area contributed by atoms with Gasteiger partial charge in [0.05, 0.1) is 23.0 Å². The number of hydrogen-bond acceptors (Lipinski definition) is 4. The molecular formula is C12H11ClN4O3. The zero-order chi connectivity index (χ0) is 14.9. The van der Waals surface area contributed by atoms with Gasteiger partial charge in [-0.15, -0.1) is 0 Å². The van der Waals surface area contributed by atoms with Crippen molar-refractivity contribution in [2.75, 3.05) is 5.32 Å². The number of pyridine rings is 1. The first kappa shape index (κ1) is 14.0. The number of anilines is 1. The van der Waals surface area contributed by atoms with Gasteiger partial charge >= 0.3 is 0 Å². The Hall–Kier alpha value is -2.41. The van der Waals surface area contributed by atoms with Gasteiger partial charge in [-0.1, -0.05) is 11.6 Å². The number of halogens is 1. The highest BCUT2D eigenvalue weighted by atomic mass is 35.5. The van der Waals surface area contributed by atoms with Crippen LogP contribution in [0.3, 0.4) is 0 Å². The number of amides is 1. The molecule has 1 N–H and O–H groups in total. The molecular weight excluding hydrogens is 284 g/mol. The number of carbonyl (C=O) groups is 1. The van der Waals surface area contributed by atoms with Gasteiger partial charge in [0.25, 0.3) is 11.6 Å². The first-order chi connectivity index (χ1) is 9.38. The predicted octanol–water partition coefficient (Wildman–Crippen LogP) is 2.54. The van der Waals surface area contributed by atoms with Gasteiger partial charge in [-0.2, -0.15) is 0 Å². The zero-order valence-electron chi connectivity index (χ0n) is 10.8. The summed E-state index contributed by atoms with van der Waals surface area (Å²) in [5.41, 5.74) is 1.25. The minimum atomic E-state index is -0.551. The van der Waals surface area contributed by atoms with E-state index in [1.54, 1.807) is 20.0 Å². The lowest BCUT2D eigenvalue weighted by Crippen LogP contribution is -2.15. The topological polar surface area (TPSA) is 90.1 Å². The number of nitro groups is 1. The fourth-order valence-corrected chi connectivity index (χ4v) is 1.80. The highest BCUT2D eigenvalue weighted by Gasteiger charge is 2.17. The van der Waals surface area contributed by atoms with E-state index in [9.17, 15) is 14.9 Å². The highest BCUT2D eigenvalue weighted by Crippen LogP contribution is 2.19. The molecule has 2 aromatic rings. The zero-order valence-corrected chi connectivity index (χ0v) is 11.5. The molecule has 0 aromatic carbocycles. The lowest BCUT2D eigenvalue weighted by atomic mass is 10.3. The molecule has 0 bridgehead atoms. The summed E-state index contributed by atoms with van der Waals surface area (Å²) in [7, 11) is 1.56. The predicted molar refractivity (Wildman–Crippen MR) is 74.0 cm³/mol. The van der Waals surface area contributed by atoms with Crippen molar-refractivity contribution in [3.63, 3.8) is 0 Å². The quantitative estimate of drug-likeness (QED) is 0.535. The van der Waals surface area contributed by atoms with Gasteiger partial charge in [-0.3, -0.25) is 14.9 Å². The van der Waals surface area contributed by atoms with Gasteiger partial charge in [-0.25, -0.2) is 4.98 Å². The van der Waals surface area contributed by atoms with Crippen molar-refractivity contribution < 1.29 is 9.72 Å². The Morgan fingerprint density at radius 2 is 2.20 bits per heavy atom. The summed E-state index contributed by atoms with van der Waals surface area (Å²) in [6.45, 7) is 1.76. The minimum Gasteiger partial charge on any atom is -0.340 e. The third kappa shape index (κ3) is 2.77. The van der Waals surface area contributed by atoms with Crippen LogP contribution in [0.25, 0.3) is 0 Å². The van der Waals surface area contributed by atoms with Gasteiger partial charge in [0.15, 0.2) is 0 Å². The first-order valence-electron chi connectivity index (χ1n) is 5.62. The molecule has 0 fully saturated rings. The molecule has 2 rings (SSSR count). The van der Waals surface area contributed by atoms with Gasteiger partial charge in [0, 0.05) is 13.1 Å². The Balaban J connectivity index is 2.23. The number of aryl methyl sites for hydroxylation is 2. The fraction of sp³-hybridized carbons (Fsp3) is 0.167. The monoisotopic (exact) mass is 294 g/mol. The van der Waals surface area contributed by atoms with E-state index in [0.717, 1.165) is 5.56 Å². The van der Waals surface area contributed by atoms with Crippen LogP contribution < -0.4 is 5.32 Å². The largest absolute Gasteiger partial charge is 0.340 e. The van der Waals surface area contributed by atoms with Gasteiger partial charge in [-0.05, 0) is 18.6 Å². The van der Waals surface area contributed by atoms with E-state index >= 15 is 0 Å². The maximum atomic E-state index is 12.1. The van der Waals surface area contributed by atoms with Crippen molar-refractivity contribution in [1.82, 2.24) is 9.55 Å². The summed E-state index contributed by atoms with van der Waals surface area (Å²) in [4.78, 5) is 26.1. The second kappa shape index (κ2) is 5.30. The summed E-state index contributed by atoms with van der Waals surface area (Å²) in [6, 6.07) is 2.89. The Labute approximate surface area is 119 Å². The smallest absolute Gasteiger partial charge is 0.287 e. The second-order valence-electron chi connectivity index (χ2n) is 4.24. The summed E-state index contributed by atoms with van der Waals surface area (Å²) >= 11 is 5.79. The van der Waals surface area contributed by atoms with Gasteiger partial charge in [0.1, 0.15) is 10.8 Å². The van der Waals surface area contributed by atoms with Crippen LogP contribution in [0.1, 0.15) is 16.1 Å². The van der Waals surface area contributed by atoms with Crippen molar-refractivity contribution in [3.05, 3.63) is 51.1 Å². The summed E-state index contributed by atoms with van der Waals surface area (Å²) in [5, 5.41) is 13.6. The Morgan fingerprint density at radius 3 is 2.75 bits per heavy atom. The van der Waals surface area contributed by atoms with E-state index in [1.807, 2.05) is 0 Å². The number of rotatable bonds is 3. The molecule has 1 amide bonds. The van der Waals surface area contributed by atoms with Crippen LogP contribution in [-0.4, -0.2) is 20.4 Å². The normalized spacial score (nSPS) is 10.3. The molecule has 0 atom stereocenters. The second-order valence-corrected chi connectivity index (χ2v) is 4.60. The Kier molecular flexibility index (Phi) is 3.71. The number of nitrogens with one attached hydrogen (secondary N) is 1. The average Bonchev–Trinajstić information content (AvgIpc) is 2.76. The van der Waals surface area contributed by atoms with Crippen molar-refractivity contribution in [3.8, 4) is 0 Å². The molecule has 0 radical (unpaired) electrons. The van der Waals surface area contributed by atoms with Crippen LogP contribution in [0, 0.1) is 17.0 Å². The lowest BCUT2D eigenvalue weighted by molar-refractivity contribution is -0.384. The standard InChI is InChI=1S/C12H11ClN4O3/c1-7-3-8(5-14-11(7)13)15-12(18)10-4-9(17(19)20)6-16(10)2/h3-6H,1-2H3,(H,15,18). The van der Waals surface area contributed by atoms with E-state index in [0.29, 0.717) is 10.8 Å². The third-order valence-electron chi connectivity index (χ3n) is 2.71. The van der Waals surface area contributed by atoms with E-state index in [1.165, 1.54) is 23.0 Å². The average molecular weight is 295 g/mol. The molecule has 7 nitrogen and oxygen atoms in total. The van der Waals surface area contributed by atoms with Crippen LogP contribution in [0.5, 0.6) is 0 Å². The van der Waals surface area contributed by atoms with E-state index in [-0.39, 0.29) is 11.4 Å². The molecule has 2 heterocycles.